The predicted molar refractivity (Wildman–Crippen MR) is 107 cm³/mol. The number of nitrogens with one attached hydrogen (secondary N) is 1. The lowest BCUT2D eigenvalue weighted by Crippen LogP contribution is -2.14. The first-order valence-corrected chi connectivity index (χ1v) is 8.94. The molecule has 0 fully saturated rings. The Bertz CT molecular complexity index is 1020. The Morgan fingerprint density at radius 2 is 1.85 bits per heavy atom. The fourth-order valence-corrected chi connectivity index (χ4v) is 3.17. The molecule has 0 aliphatic heterocycles. The number of halogens is 1. The third-order valence-corrected chi connectivity index (χ3v) is 4.78. The maximum absolute atomic E-state index is 12.8. The summed E-state index contributed by atoms with van der Waals surface area (Å²) < 4.78 is 1.78. The van der Waals surface area contributed by atoms with Gasteiger partial charge < -0.3 is 5.32 Å². The first-order valence-electron chi connectivity index (χ1n) is 8.56. The second-order valence-electron chi connectivity index (χ2n) is 6.39. The van der Waals surface area contributed by atoms with E-state index in [0.29, 0.717) is 34.1 Å². The van der Waals surface area contributed by atoms with Crippen molar-refractivity contribution < 1.29 is 9.59 Å². The summed E-state index contributed by atoms with van der Waals surface area (Å²) >= 11 is 6.24. The molecular formula is C21H20ClN3O2. The number of amides is 1. The van der Waals surface area contributed by atoms with Gasteiger partial charge in [-0.3, -0.25) is 14.3 Å². The molecule has 1 N–H and O–H groups in total. The van der Waals surface area contributed by atoms with Crippen LogP contribution < -0.4 is 5.32 Å². The van der Waals surface area contributed by atoms with Gasteiger partial charge in [0.25, 0.3) is 5.91 Å². The molecule has 0 aliphatic carbocycles. The summed E-state index contributed by atoms with van der Waals surface area (Å²) in [6, 6.07) is 14.4. The van der Waals surface area contributed by atoms with E-state index in [1.54, 1.807) is 35.9 Å². The summed E-state index contributed by atoms with van der Waals surface area (Å²) in [6.45, 7) is 5.64. The topological polar surface area (TPSA) is 64.0 Å². The highest BCUT2D eigenvalue weighted by Crippen LogP contribution is 2.21. The number of aromatic nitrogens is 2. The van der Waals surface area contributed by atoms with Gasteiger partial charge in [0.15, 0.2) is 5.78 Å². The number of carbonyl (C=O) groups is 2. The molecule has 6 heteroatoms. The lowest BCUT2D eigenvalue weighted by molar-refractivity contribution is 0.101. The Balaban J connectivity index is 1.86. The van der Waals surface area contributed by atoms with Crippen LogP contribution >= 0.6 is 11.6 Å². The van der Waals surface area contributed by atoms with Gasteiger partial charge >= 0.3 is 0 Å². The van der Waals surface area contributed by atoms with E-state index < -0.39 is 0 Å². The number of nitrogens with zero attached hydrogens (tertiary/aromatic N) is 2. The van der Waals surface area contributed by atoms with E-state index in [1.807, 2.05) is 31.2 Å². The highest BCUT2D eigenvalue weighted by Gasteiger charge is 2.19. The first kappa shape index (κ1) is 18.9. The molecule has 3 rings (SSSR count). The van der Waals surface area contributed by atoms with Crippen molar-refractivity contribution in [3.63, 3.8) is 0 Å². The summed E-state index contributed by atoms with van der Waals surface area (Å²) in [7, 11) is 0. The monoisotopic (exact) mass is 381 g/mol. The number of carbonyl (C=O) groups excluding carboxylic acids is 2. The molecule has 27 heavy (non-hydrogen) atoms. The normalized spacial score (nSPS) is 10.7. The lowest BCUT2D eigenvalue weighted by atomic mass is 10.1. The summed E-state index contributed by atoms with van der Waals surface area (Å²) in [6.07, 6.45) is 0. The van der Waals surface area contributed by atoms with E-state index in [2.05, 4.69) is 10.4 Å². The average molecular weight is 382 g/mol. The second-order valence-corrected chi connectivity index (χ2v) is 6.79. The van der Waals surface area contributed by atoms with Crippen molar-refractivity contribution in [2.45, 2.75) is 27.3 Å². The number of benzene rings is 2. The Kier molecular flexibility index (Phi) is 5.42. The molecule has 0 atom stereocenters. The lowest BCUT2D eigenvalue weighted by Gasteiger charge is -2.08. The van der Waals surface area contributed by atoms with Crippen LogP contribution in [0.5, 0.6) is 0 Å². The van der Waals surface area contributed by atoms with Crippen molar-refractivity contribution >= 4 is 29.0 Å². The fourth-order valence-electron chi connectivity index (χ4n) is 2.98. The second kappa shape index (κ2) is 7.76. The van der Waals surface area contributed by atoms with Gasteiger partial charge in [0.05, 0.1) is 17.8 Å². The van der Waals surface area contributed by atoms with Crippen LogP contribution in [0.3, 0.4) is 0 Å². The molecule has 1 aromatic heterocycles. The summed E-state index contributed by atoms with van der Waals surface area (Å²) in [5.74, 6) is -0.304. The summed E-state index contributed by atoms with van der Waals surface area (Å²) in [5.41, 5.74) is 3.98. The molecule has 5 nitrogen and oxygen atoms in total. The van der Waals surface area contributed by atoms with Gasteiger partial charge in [0, 0.05) is 22.0 Å². The van der Waals surface area contributed by atoms with E-state index >= 15 is 0 Å². The van der Waals surface area contributed by atoms with E-state index in [4.69, 9.17) is 11.6 Å². The third kappa shape index (κ3) is 4.09. The number of ketones is 1. The van der Waals surface area contributed by atoms with Crippen LogP contribution in [0.2, 0.25) is 5.02 Å². The number of rotatable bonds is 5. The van der Waals surface area contributed by atoms with Gasteiger partial charge in [-0.25, -0.2) is 0 Å². The van der Waals surface area contributed by atoms with Crippen LogP contribution in [0.25, 0.3) is 0 Å². The van der Waals surface area contributed by atoms with E-state index in [-0.39, 0.29) is 11.7 Å². The minimum Gasteiger partial charge on any atom is -0.322 e. The van der Waals surface area contributed by atoms with Crippen molar-refractivity contribution in [3.8, 4) is 0 Å². The molecule has 138 valence electrons. The van der Waals surface area contributed by atoms with Crippen LogP contribution in [0.4, 0.5) is 5.69 Å². The fraction of sp³-hybridized carbons (Fsp3) is 0.190. The minimum absolute atomic E-state index is 0.0500. The van der Waals surface area contributed by atoms with Crippen molar-refractivity contribution in [2.75, 3.05) is 5.32 Å². The highest BCUT2D eigenvalue weighted by atomic mass is 35.5. The van der Waals surface area contributed by atoms with Crippen LogP contribution in [0, 0.1) is 13.8 Å². The smallest absolute Gasteiger partial charge is 0.259 e. The maximum atomic E-state index is 12.8. The van der Waals surface area contributed by atoms with Crippen LogP contribution in [0.15, 0.2) is 48.5 Å². The zero-order valence-corrected chi connectivity index (χ0v) is 16.2. The quantitative estimate of drug-likeness (QED) is 0.654. The number of hydrogen-bond acceptors (Lipinski definition) is 3. The Labute approximate surface area is 163 Å². The third-order valence-electron chi connectivity index (χ3n) is 4.41. The molecule has 0 saturated heterocycles. The Hall–Kier alpha value is -2.92. The van der Waals surface area contributed by atoms with E-state index in [0.717, 1.165) is 11.3 Å². The van der Waals surface area contributed by atoms with Gasteiger partial charge in [-0.05, 0) is 44.5 Å². The van der Waals surface area contributed by atoms with Gasteiger partial charge in [0.2, 0.25) is 0 Å². The molecular weight excluding hydrogens is 362 g/mol. The maximum Gasteiger partial charge on any atom is 0.259 e. The SMILES string of the molecule is CC(=O)c1cccc(NC(=O)c2c(C)nn(Cc3ccccc3Cl)c2C)c1. The summed E-state index contributed by atoms with van der Waals surface area (Å²) in [5, 5.41) is 8.02. The minimum atomic E-state index is -0.254. The van der Waals surface area contributed by atoms with E-state index in [1.165, 1.54) is 6.92 Å². The van der Waals surface area contributed by atoms with Crippen LogP contribution in [-0.2, 0) is 6.54 Å². The summed E-state index contributed by atoms with van der Waals surface area (Å²) in [4.78, 5) is 24.3. The molecule has 1 heterocycles. The van der Waals surface area contributed by atoms with Crippen molar-refractivity contribution in [2.24, 2.45) is 0 Å². The Morgan fingerprint density at radius 3 is 2.56 bits per heavy atom. The van der Waals surface area contributed by atoms with Crippen molar-refractivity contribution in [3.05, 3.63) is 81.6 Å². The molecule has 1 amide bonds. The zero-order chi connectivity index (χ0) is 19.6. The molecule has 2 aromatic carbocycles. The molecule has 0 spiro atoms. The van der Waals surface area contributed by atoms with Gasteiger partial charge in [-0.15, -0.1) is 0 Å². The van der Waals surface area contributed by atoms with Gasteiger partial charge in [-0.1, -0.05) is 41.9 Å². The van der Waals surface area contributed by atoms with Crippen LogP contribution in [-0.4, -0.2) is 21.5 Å². The first-order chi connectivity index (χ1) is 12.9. The van der Waals surface area contributed by atoms with Crippen molar-refractivity contribution in [1.29, 1.82) is 0 Å². The molecule has 0 aliphatic rings. The molecule has 0 saturated carbocycles. The molecule has 0 unspecified atom stereocenters. The van der Waals surface area contributed by atoms with Crippen molar-refractivity contribution in [1.82, 2.24) is 9.78 Å². The molecule has 3 aromatic rings. The number of hydrogen-bond donors (Lipinski definition) is 1. The average Bonchev–Trinajstić information content (AvgIpc) is 2.90. The Morgan fingerprint density at radius 1 is 1.11 bits per heavy atom. The van der Waals surface area contributed by atoms with E-state index in [9.17, 15) is 9.59 Å². The largest absolute Gasteiger partial charge is 0.322 e. The number of Topliss-reactive ketones (excluding diaryl/α,β-unsaturated/α-hetero) is 1. The highest BCUT2D eigenvalue weighted by molar-refractivity contribution is 6.31. The molecule has 0 bridgehead atoms. The molecule has 0 radical (unpaired) electrons. The predicted octanol–water partition coefficient (Wildman–Crippen LogP) is 4.66. The van der Waals surface area contributed by atoms with Gasteiger partial charge in [-0.2, -0.15) is 5.10 Å². The standard InChI is InChI=1S/C21H20ClN3O2/c1-13-20(21(27)23-18-9-6-8-16(11-18)15(3)26)14(2)25(24-13)12-17-7-4-5-10-19(17)22/h4-11H,12H2,1-3H3,(H,23,27). The number of aryl methyl sites for hydroxylation is 1. The van der Waals surface area contributed by atoms with Gasteiger partial charge in [0.1, 0.15) is 0 Å². The van der Waals surface area contributed by atoms with Crippen LogP contribution in [0.1, 0.15) is 44.6 Å². The number of anilines is 1. The zero-order valence-electron chi connectivity index (χ0n) is 15.4.